The summed E-state index contributed by atoms with van der Waals surface area (Å²) in [6.45, 7) is 4.69. The van der Waals surface area contributed by atoms with E-state index in [1.54, 1.807) is 0 Å². The minimum Gasteiger partial charge on any atom is -0.508 e. The van der Waals surface area contributed by atoms with Crippen LogP contribution in [0.1, 0.15) is 5.56 Å². The van der Waals surface area contributed by atoms with E-state index in [-0.39, 0.29) is 12.4 Å². The summed E-state index contributed by atoms with van der Waals surface area (Å²) in [4.78, 5) is 4.80. The second kappa shape index (κ2) is 8.17. The van der Waals surface area contributed by atoms with Crippen molar-refractivity contribution in [1.82, 2.24) is 4.90 Å². The summed E-state index contributed by atoms with van der Waals surface area (Å²) in [5, 5.41) is 13.4. The molecule has 1 saturated heterocycles. The molecule has 136 valence electrons. The SMILES string of the molecule is Cl.Oc1ccc2ccccc2c1CN1CCN(c2ccc(Cl)cc2)CC1. The fourth-order valence-electron chi connectivity index (χ4n) is 3.53. The summed E-state index contributed by atoms with van der Waals surface area (Å²) in [6, 6.07) is 20.1. The van der Waals surface area contributed by atoms with E-state index in [1.807, 2.05) is 36.4 Å². The number of halogens is 2. The first-order valence-electron chi connectivity index (χ1n) is 8.63. The van der Waals surface area contributed by atoms with Gasteiger partial charge in [0.05, 0.1) is 0 Å². The van der Waals surface area contributed by atoms with E-state index in [0.29, 0.717) is 5.75 Å². The molecule has 0 aliphatic carbocycles. The average Bonchev–Trinajstić information content (AvgIpc) is 2.65. The Bertz CT molecular complexity index is 875. The maximum Gasteiger partial charge on any atom is 0.120 e. The van der Waals surface area contributed by atoms with Crippen LogP contribution in [0.5, 0.6) is 5.75 Å². The highest BCUT2D eigenvalue weighted by Gasteiger charge is 2.19. The fourth-order valence-corrected chi connectivity index (χ4v) is 3.66. The summed E-state index contributed by atoms with van der Waals surface area (Å²) in [7, 11) is 0. The molecule has 3 aromatic carbocycles. The lowest BCUT2D eigenvalue weighted by Gasteiger charge is -2.36. The molecule has 4 rings (SSSR count). The molecule has 5 heteroatoms. The Morgan fingerprint density at radius 3 is 2.27 bits per heavy atom. The van der Waals surface area contributed by atoms with E-state index < -0.39 is 0 Å². The second-order valence-electron chi connectivity index (χ2n) is 6.52. The maximum atomic E-state index is 10.3. The van der Waals surface area contributed by atoms with Crippen LogP contribution in [0.15, 0.2) is 60.7 Å². The Morgan fingerprint density at radius 1 is 0.846 bits per heavy atom. The van der Waals surface area contributed by atoms with Gasteiger partial charge in [-0.25, -0.2) is 0 Å². The van der Waals surface area contributed by atoms with Gasteiger partial charge in [0.25, 0.3) is 0 Å². The molecular formula is C21H22Cl2N2O. The predicted molar refractivity (Wildman–Crippen MR) is 112 cm³/mol. The molecule has 1 N–H and O–H groups in total. The van der Waals surface area contributed by atoms with Crippen LogP contribution in [0.2, 0.25) is 5.02 Å². The van der Waals surface area contributed by atoms with Gasteiger partial charge in [-0.2, -0.15) is 0 Å². The molecule has 0 spiro atoms. The summed E-state index contributed by atoms with van der Waals surface area (Å²) in [6.07, 6.45) is 0. The van der Waals surface area contributed by atoms with Gasteiger partial charge in [0.1, 0.15) is 5.75 Å². The maximum absolute atomic E-state index is 10.3. The zero-order chi connectivity index (χ0) is 17.2. The molecule has 0 amide bonds. The summed E-state index contributed by atoms with van der Waals surface area (Å²) in [5.41, 5.74) is 2.25. The van der Waals surface area contributed by atoms with Crippen molar-refractivity contribution < 1.29 is 5.11 Å². The summed E-state index contributed by atoms with van der Waals surface area (Å²) < 4.78 is 0. The van der Waals surface area contributed by atoms with Gasteiger partial charge in [0.15, 0.2) is 0 Å². The van der Waals surface area contributed by atoms with Gasteiger partial charge < -0.3 is 10.0 Å². The number of hydrogen-bond donors (Lipinski definition) is 1. The number of aromatic hydroxyl groups is 1. The molecule has 0 radical (unpaired) electrons. The number of piperazine rings is 1. The first-order chi connectivity index (χ1) is 12.2. The lowest BCUT2D eigenvalue weighted by Crippen LogP contribution is -2.46. The van der Waals surface area contributed by atoms with Crippen molar-refractivity contribution in [1.29, 1.82) is 0 Å². The number of phenols is 1. The first-order valence-corrected chi connectivity index (χ1v) is 9.01. The van der Waals surface area contributed by atoms with Gasteiger partial charge in [-0.3, -0.25) is 4.90 Å². The van der Waals surface area contributed by atoms with E-state index >= 15 is 0 Å². The van der Waals surface area contributed by atoms with Crippen LogP contribution >= 0.6 is 24.0 Å². The first kappa shape index (κ1) is 18.8. The van der Waals surface area contributed by atoms with Gasteiger partial charge in [0.2, 0.25) is 0 Å². The van der Waals surface area contributed by atoms with Crippen molar-refractivity contribution in [3.63, 3.8) is 0 Å². The Morgan fingerprint density at radius 2 is 1.54 bits per heavy atom. The van der Waals surface area contributed by atoms with Crippen molar-refractivity contribution in [2.75, 3.05) is 31.1 Å². The summed E-state index contributed by atoms with van der Waals surface area (Å²) >= 11 is 5.98. The monoisotopic (exact) mass is 388 g/mol. The molecule has 0 atom stereocenters. The van der Waals surface area contributed by atoms with E-state index in [2.05, 4.69) is 34.1 Å². The van der Waals surface area contributed by atoms with Crippen LogP contribution in [0.3, 0.4) is 0 Å². The van der Waals surface area contributed by atoms with Gasteiger partial charge in [-0.15, -0.1) is 12.4 Å². The molecule has 0 bridgehead atoms. The van der Waals surface area contributed by atoms with Crippen molar-refractivity contribution >= 4 is 40.5 Å². The molecule has 1 heterocycles. The van der Waals surface area contributed by atoms with E-state index in [4.69, 9.17) is 11.6 Å². The van der Waals surface area contributed by atoms with Gasteiger partial charge in [0, 0.05) is 49.0 Å². The molecule has 0 aromatic heterocycles. The third-order valence-corrected chi connectivity index (χ3v) is 5.21. The van der Waals surface area contributed by atoms with Crippen molar-refractivity contribution in [2.24, 2.45) is 0 Å². The van der Waals surface area contributed by atoms with Gasteiger partial charge in [-0.1, -0.05) is 41.9 Å². The zero-order valence-electron chi connectivity index (χ0n) is 14.4. The number of anilines is 1. The normalized spacial score (nSPS) is 15.0. The summed E-state index contributed by atoms with van der Waals surface area (Å²) in [5.74, 6) is 0.388. The molecule has 3 nitrogen and oxygen atoms in total. The lowest BCUT2D eigenvalue weighted by atomic mass is 10.0. The predicted octanol–water partition coefficient (Wildman–Crippen LogP) is 4.94. The molecule has 26 heavy (non-hydrogen) atoms. The Labute approximate surface area is 165 Å². The van der Waals surface area contributed by atoms with Crippen LogP contribution in [0.4, 0.5) is 5.69 Å². The number of nitrogens with zero attached hydrogens (tertiary/aromatic N) is 2. The molecule has 0 saturated carbocycles. The Hall–Kier alpha value is -1.94. The number of rotatable bonds is 3. The number of benzene rings is 3. The van der Waals surface area contributed by atoms with E-state index in [1.165, 1.54) is 11.1 Å². The van der Waals surface area contributed by atoms with Gasteiger partial charge in [-0.05, 0) is 41.1 Å². The van der Waals surface area contributed by atoms with Crippen LogP contribution in [0.25, 0.3) is 10.8 Å². The molecule has 3 aromatic rings. The van der Waals surface area contributed by atoms with Crippen LogP contribution < -0.4 is 4.90 Å². The third kappa shape index (κ3) is 3.90. The quantitative estimate of drug-likeness (QED) is 0.687. The number of fused-ring (bicyclic) bond motifs is 1. The minimum atomic E-state index is 0. The number of hydrogen-bond acceptors (Lipinski definition) is 3. The highest BCUT2D eigenvalue weighted by atomic mass is 35.5. The average molecular weight is 389 g/mol. The largest absolute Gasteiger partial charge is 0.508 e. The van der Waals surface area contributed by atoms with Crippen LogP contribution in [-0.4, -0.2) is 36.2 Å². The molecule has 1 fully saturated rings. The molecule has 0 unspecified atom stereocenters. The smallest absolute Gasteiger partial charge is 0.120 e. The fraction of sp³-hybridized carbons (Fsp3) is 0.238. The lowest BCUT2D eigenvalue weighted by molar-refractivity contribution is 0.248. The molecule has 1 aliphatic heterocycles. The highest BCUT2D eigenvalue weighted by molar-refractivity contribution is 6.30. The second-order valence-corrected chi connectivity index (χ2v) is 6.96. The van der Waals surface area contributed by atoms with E-state index in [9.17, 15) is 5.11 Å². The number of phenolic OH excluding ortho intramolecular Hbond substituents is 1. The standard InChI is InChI=1S/C21H21ClN2O.ClH/c22-17-6-8-18(9-7-17)24-13-11-23(12-14-24)15-20-19-4-2-1-3-16(19)5-10-21(20)25;/h1-10,25H,11-15H2;1H. The van der Waals surface area contributed by atoms with Crippen LogP contribution in [0, 0.1) is 0 Å². The zero-order valence-corrected chi connectivity index (χ0v) is 16.0. The minimum absolute atomic E-state index is 0. The topological polar surface area (TPSA) is 26.7 Å². The third-order valence-electron chi connectivity index (χ3n) is 4.96. The molecular weight excluding hydrogens is 367 g/mol. The highest BCUT2D eigenvalue weighted by Crippen LogP contribution is 2.29. The van der Waals surface area contributed by atoms with Crippen molar-refractivity contribution in [2.45, 2.75) is 6.54 Å². The Kier molecular flexibility index (Phi) is 5.92. The van der Waals surface area contributed by atoms with E-state index in [0.717, 1.165) is 48.7 Å². The van der Waals surface area contributed by atoms with Crippen molar-refractivity contribution in [3.8, 4) is 5.75 Å². The van der Waals surface area contributed by atoms with Crippen molar-refractivity contribution in [3.05, 3.63) is 71.2 Å². The molecule has 1 aliphatic rings. The Balaban J connectivity index is 0.00000196. The van der Waals surface area contributed by atoms with Gasteiger partial charge >= 0.3 is 0 Å². The van der Waals surface area contributed by atoms with Crippen LogP contribution in [-0.2, 0) is 6.54 Å².